The summed E-state index contributed by atoms with van der Waals surface area (Å²) in [4.78, 5) is 10.9. The van der Waals surface area contributed by atoms with Crippen LogP contribution in [0.1, 0.15) is 73.0 Å². The summed E-state index contributed by atoms with van der Waals surface area (Å²) in [6.45, 7) is 0. The minimum absolute atomic E-state index is 0.128. The molecule has 2 aromatic heterocycles. The Kier molecular flexibility index (Phi) is 9.79. The molecule has 2 heterocycles. The molecule has 0 amide bonds. The van der Waals surface area contributed by atoms with Crippen LogP contribution in [0.4, 0.5) is 0 Å². The van der Waals surface area contributed by atoms with E-state index in [9.17, 15) is 0 Å². The van der Waals surface area contributed by atoms with E-state index in [0.29, 0.717) is 11.8 Å². The number of allylic oxidation sites excluding steroid dienone is 10. The number of aryl methyl sites for hydroxylation is 1. The first-order valence-electron chi connectivity index (χ1n) is 25.5. The second-order valence-corrected chi connectivity index (χ2v) is 20.4. The van der Waals surface area contributed by atoms with Gasteiger partial charge in [-0.1, -0.05) is 182 Å². The van der Waals surface area contributed by atoms with Crippen molar-refractivity contribution in [1.82, 2.24) is 14.5 Å². The monoisotopic (exact) mass is 899 g/mol. The molecule has 0 bridgehead atoms. The fourth-order valence-electron chi connectivity index (χ4n) is 12.5. The lowest BCUT2D eigenvalue weighted by Crippen LogP contribution is -2.23. The second-order valence-electron chi connectivity index (χ2n) is 20.4. The first kappa shape index (κ1) is 41.1. The molecule has 5 aliphatic carbocycles. The molecule has 0 spiro atoms. The van der Waals surface area contributed by atoms with Gasteiger partial charge in [-0.15, -0.1) is 0 Å². The Morgan fingerprint density at radius 2 is 1.41 bits per heavy atom. The lowest BCUT2D eigenvalue weighted by molar-refractivity contribution is 0.455. The molecule has 5 aliphatic rings. The average molecular weight is 900 g/mol. The molecule has 1 saturated carbocycles. The SMILES string of the molecule is C1=CCC=C(n2c3ccccc3c3cc(-c4ccc5c(c4)C(CC46C=CC(c7nc(-c8ccc9ccccc9c8)cc(C8C=c9ccccc9=CCC8)n7)=CC4C6)CCc4ccccc4-5)ccc32)C=C1. The molecule has 4 atom stereocenters. The Labute approximate surface area is 409 Å². The molecule has 7 aromatic carbocycles. The van der Waals surface area contributed by atoms with Gasteiger partial charge in [-0.05, 0) is 153 Å². The van der Waals surface area contributed by atoms with E-state index in [4.69, 9.17) is 9.97 Å². The van der Waals surface area contributed by atoms with Gasteiger partial charge in [-0.3, -0.25) is 0 Å². The van der Waals surface area contributed by atoms with Gasteiger partial charge in [0.1, 0.15) is 0 Å². The Hall–Kier alpha value is -7.88. The highest BCUT2D eigenvalue weighted by atomic mass is 15.0. The number of aromatic nitrogens is 3. The van der Waals surface area contributed by atoms with Crippen LogP contribution in [-0.4, -0.2) is 14.5 Å². The topological polar surface area (TPSA) is 30.7 Å². The minimum atomic E-state index is 0.128. The smallest absolute Gasteiger partial charge is 0.159 e. The molecule has 14 rings (SSSR count). The third kappa shape index (κ3) is 7.18. The quantitative estimate of drug-likeness (QED) is 0.160. The molecule has 0 N–H and O–H groups in total. The first-order valence-corrected chi connectivity index (χ1v) is 25.5. The largest absolute Gasteiger partial charge is 0.310 e. The van der Waals surface area contributed by atoms with E-state index in [0.717, 1.165) is 73.3 Å². The van der Waals surface area contributed by atoms with Gasteiger partial charge in [0.05, 0.1) is 22.4 Å². The van der Waals surface area contributed by atoms with Gasteiger partial charge in [-0.2, -0.15) is 0 Å². The zero-order valence-electron chi connectivity index (χ0n) is 39.3. The number of hydrogen-bond acceptors (Lipinski definition) is 2. The molecule has 3 heteroatoms. The third-order valence-corrected chi connectivity index (χ3v) is 16.2. The fraction of sp³-hybridized carbons (Fsp3) is 0.164. The van der Waals surface area contributed by atoms with Crippen molar-refractivity contribution < 1.29 is 0 Å². The van der Waals surface area contributed by atoms with Crippen molar-refractivity contribution in [2.75, 3.05) is 0 Å². The predicted molar refractivity (Wildman–Crippen MR) is 292 cm³/mol. The zero-order valence-corrected chi connectivity index (χ0v) is 39.3. The van der Waals surface area contributed by atoms with Crippen molar-refractivity contribution in [2.24, 2.45) is 11.3 Å². The number of rotatable bonds is 7. The van der Waals surface area contributed by atoms with Gasteiger partial charge in [0.15, 0.2) is 5.82 Å². The highest BCUT2D eigenvalue weighted by Crippen LogP contribution is 2.63. The number of hydrogen-bond donors (Lipinski definition) is 0. The van der Waals surface area contributed by atoms with E-state index in [1.54, 1.807) is 0 Å². The van der Waals surface area contributed by atoms with Gasteiger partial charge in [0, 0.05) is 33.5 Å². The van der Waals surface area contributed by atoms with Crippen LogP contribution in [0.5, 0.6) is 0 Å². The lowest BCUT2D eigenvalue weighted by atomic mass is 9.79. The number of para-hydroxylation sites is 1. The Bertz CT molecular complexity index is 3910. The highest BCUT2D eigenvalue weighted by Gasteiger charge is 2.53. The summed E-state index contributed by atoms with van der Waals surface area (Å²) in [5, 5.41) is 7.65. The number of fused-ring (bicyclic) bond motifs is 9. The standard InChI is InChI=1S/C67H53N3/c1-2-4-22-56(21-3-1)70-64-25-12-11-24-59(64)61-40-50(31-33-65(61)70)49-30-32-58-57-23-10-9-16-46(57)27-29-54(60(58)39-49)42-67-35-34-53(38-55(67)43-67)66-68-62(51-20-13-19-44-14-5-7-17-47(44)36-51)41-63(69-66)52-28-26-45-15-6-8-18-48(45)37-52/h1-3,5-12,14-19,21-26,28,30-41,51,54-55H,4,13,20,27,29,42-43H2. The molecule has 4 unspecified atom stereocenters. The van der Waals surface area contributed by atoms with Crippen LogP contribution in [0.25, 0.3) is 89.5 Å². The maximum Gasteiger partial charge on any atom is 0.159 e. The van der Waals surface area contributed by atoms with Gasteiger partial charge in [0.25, 0.3) is 0 Å². The highest BCUT2D eigenvalue weighted by molar-refractivity contribution is 6.11. The van der Waals surface area contributed by atoms with Crippen molar-refractivity contribution in [3.8, 4) is 33.5 Å². The van der Waals surface area contributed by atoms with E-state index in [1.165, 1.54) is 82.1 Å². The Morgan fingerprint density at radius 3 is 2.37 bits per heavy atom. The van der Waals surface area contributed by atoms with Crippen LogP contribution >= 0.6 is 0 Å². The summed E-state index contributed by atoms with van der Waals surface area (Å²) in [6.07, 6.45) is 30.8. The van der Waals surface area contributed by atoms with Crippen molar-refractivity contribution in [1.29, 1.82) is 0 Å². The average Bonchev–Trinajstić information content (AvgIpc) is 4.18. The maximum atomic E-state index is 5.46. The maximum absolute atomic E-state index is 5.46. The Morgan fingerprint density at radius 1 is 0.600 bits per heavy atom. The predicted octanol–water partition coefficient (Wildman–Crippen LogP) is 15.3. The molecule has 3 nitrogen and oxygen atoms in total. The minimum Gasteiger partial charge on any atom is -0.310 e. The van der Waals surface area contributed by atoms with Gasteiger partial charge >= 0.3 is 0 Å². The van der Waals surface area contributed by atoms with Gasteiger partial charge in [0.2, 0.25) is 0 Å². The first-order chi connectivity index (χ1) is 34.6. The van der Waals surface area contributed by atoms with Crippen molar-refractivity contribution in [3.05, 3.63) is 239 Å². The molecule has 0 saturated heterocycles. The van der Waals surface area contributed by atoms with Crippen LogP contribution in [0.15, 0.2) is 206 Å². The summed E-state index contributed by atoms with van der Waals surface area (Å²) < 4.78 is 2.44. The summed E-state index contributed by atoms with van der Waals surface area (Å²) in [5.74, 6) is 1.91. The third-order valence-electron chi connectivity index (χ3n) is 16.2. The second kappa shape index (κ2) is 16.7. The van der Waals surface area contributed by atoms with E-state index < -0.39 is 0 Å². The lowest BCUT2D eigenvalue weighted by Gasteiger charge is -2.25. The summed E-state index contributed by atoms with van der Waals surface area (Å²) in [6, 6.07) is 58.9. The molecule has 0 aliphatic heterocycles. The number of benzene rings is 7. The molecular formula is C67H53N3. The molecule has 1 fully saturated rings. The van der Waals surface area contributed by atoms with Crippen LogP contribution in [-0.2, 0) is 6.42 Å². The zero-order chi connectivity index (χ0) is 46.2. The summed E-state index contributed by atoms with van der Waals surface area (Å²) in [5.41, 5.74) is 16.5. The van der Waals surface area contributed by atoms with E-state index >= 15 is 0 Å². The van der Waals surface area contributed by atoms with Crippen molar-refractivity contribution in [2.45, 2.75) is 56.8 Å². The fourth-order valence-corrected chi connectivity index (χ4v) is 12.5. The van der Waals surface area contributed by atoms with E-state index in [2.05, 4.69) is 223 Å². The van der Waals surface area contributed by atoms with Crippen LogP contribution < -0.4 is 10.4 Å². The number of nitrogens with zero attached hydrogens (tertiary/aromatic N) is 3. The normalized spacial score (nSPS) is 21.0. The molecular weight excluding hydrogens is 847 g/mol. The van der Waals surface area contributed by atoms with Gasteiger partial charge < -0.3 is 4.57 Å². The Balaban J connectivity index is 0.814. The van der Waals surface area contributed by atoms with Crippen molar-refractivity contribution >= 4 is 56.0 Å². The van der Waals surface area contributed by atoms with Crippen LogP contribution in [0.2, 0.25) is 0 Å². The molecule has 70 heavy (non-hydrogen) atoms. The van der Waals surface area contributed by atoms with Crippen LogP contribution in [0, 0.1) is 11.3 Å². The summed E-state index contributed by atoms with van der Waals surface area (Å²) >= 11 is 0. The van der Waals surface area contributed by atoms with E-state index in [-0.39, 0.29) is 11.3 Å². The van der Waals surface area contributed by atoms with Crippen molar-refractivity contribution in [3.63, 3.8) is 0 Å². The van der Waals surface area contributed by atoms with Crippen LogP contribution in [0.3, 0.4) is 0 Å². The van der Waals surface area contributed by atoms with E-state index in [1.807, 2.05) is 0 Å². The molecule has 9 aromatic rings. The van der Waals surface area contributed by atoms with Gasteiger partial charge in [-0.25, -0.2) is 9.97 Å². The molecule has 0 radical (unpaired) electrons. The summed E-state index contributed by atoms with van der Waals surface area (Å²) in [7, 11) is 0. The molecule has 336 valence electrons.